The van der Waals surface area contributed by atoms with E-state index in [2.05, 4.69) is 36.0 Å². The molecule has 4 aromatic heterocycles. The molecule has 1 fully saturated rings. The minimum atomic E-state index is -2.65. The van der Waals surface area contributed by atoms with Crippen molar-refractivity contribution in [3.05, 3.63) is 66.2 Å². The number of rotatable bonds is 6. The summed E-state index contributed by atoms with van der Waals surface area (Å²) in [5.41, 5.74) is 4.88. The number of nitrogens with one attached hydrogen (secondary N) is 2. The average molecular weight is 475 g/mol. The maximum Gasteiger partial charge on any atom is 0.259 e. The van der Waals surface area contributed by atoms with Gasteiger partial charge in [-0.1, -0.05) is 12.1 Å². The molecule has 176 valence electrons. The number of tetrazole rings is 1. The number of aryl methyl sites for hydroxylation is 1. The summed E-state index contributed by atoms with van der Waals surface area (Å²) in [6.45, 7) is 1.89. The normalized spacial score (nSPS) is 16.5. The molecule has 0 bridgehead atoms. The van der Waals surface area contributed by atoms with Gasteiger partial charge in [0.05, 0.1) is 30.0 Å². The molecule has 1 atom stereocenters. The van der Waals surface area contributed by atoms with Crippen molar-refractivity contribution >= 4 is 17.1 Å². The number of amides is 1. The molecule has 5 aromatic rings. The summed E-state index contributed by atoms with van der Waals surface area (Å²) in [6, 6.07) is 9.13. The van der Waals surface area contributed by atoms with Gasteiger partial charge in [-0.25, -0.2) is 13.3 Å². The first-order chi connectivity index (χ1) is 16.9. The van der Waals surface area contributed by atoms with E-state index < -0.39 is 11.8 Å². The molecular formula is C23H19F2N9O. The van der Waals surface area contributed by atoms with Gasteiger partial charge in [0, 0.05) is 41.5 Å². The Balaban J connectivity index is 1.25. The van der Waals surface area contributed by atoms with Crippen LogP contribution in [0.2, 0.25) is 0 Å². The van der Waals surface area contributed by atoms with Crippen LogP contribution in [0, 0.1) is 12.8 Å². The Labute approximate surface area is 197 Å². The Morgan fingerprint density at radius 3 is 2.83 bits per heavy atom. The fraction of sp³-hybridized carbons (Fsp3) is 0.217. The molecule has 1 aliphatic carbocycles. The Kier molecular flexibility index (Phi) is 4.69. The number of fused-ring (bicyclic) bond motifs is 1. The molecule has 2 N–H and O–H groups in total. The quantitative estimate of drug-likeness (QED) is 0.387. The topological polar surface area (TPSA) is 119 Å². The predicted molar refractivity (Wildman–Crippen MR) is 122 cm³/mol. The van der Waals surface area contributed by atoms with Crippen molar-refractivity contribution in [3.8, 4) is 22.5 Å². The van der Waals surface area contributed by atoms with Crippen LogP contribution in [0.25, 0.3) is 28.0 Å². The molecule has 0 saturated heterocycles. The zero-order valence-electron chi connectivity index (χ0n) is 18.5. The van der Waals surface area contributed by atoms with Crippen molar-refractivity contribution in [2.45, 2.75) is 25.8 Å². The average Bonchev–Trinajstić information content (AvgIpc) is 3.39. The van der Waals surface area contributed by atoms with Crippen LogP contribution >= 0.6 is 0 Å². The third-order valence-electron chi connectivity index (χ3n) is 6.13. The fourth-order valence-corrected chi connectivity index (χ4v) is 3.93. The van der Waals surface area contributed by atoms with Gasteiger partial charge in [0.15, 0.2) is 0 Å². The lowest BCUT2D eigenvalue weighted by Crippen LogP contribution is -2.12. The molecular weight excluding hydrogens is 456 g/mol. The second-order valence-corrected chi connectivity index (χ2v) is 8.60. The predicted octanol–water partition coefficient (Wildman–Crippen LogP) is 3.59. The lowest BCUT2D eigenvalue weighted by atomic mass is 10.1. The number of alkyl halides is 2. The van der Waals surface area contributed by atoms with Gasteiger partial charge in [-0.3, -0.25) is 9.89 Å². The molecule has 0 aliphatic heterocycles. The van der Waals surface area contributed by atoms with Crippen LogP contribution in [0.15, 0.2) is 55.1 Å². The van der Waals surface area contributed by atoms with E-state index in [4.69, 9.17) is 0 Å². The van der Waals surface area contributed by atoms with Crippen molar-refractivity contribution in [1.29, 1.82) is 0 Å². The molecule has 0 unspecified atom stereocenters. The van der Waals surface area contributed by atoms with Gasteiger partial charge in [-0.15, -0.1) is 10.2 Å². The molecule has 0 spiro atoms. The standard InChI is InChI=1S/C23H19F2N9O/c1-13-2-3-15(21-30-32-34(31-21)12-17-8-23(17,24)25)6-19(13)29-22(35)18-11-28-33-5-4-14(7-20(18)33)16-9-26-27-10-16/h2-7,9-11,17H,8,12H2,1H3,(H,26,27)(H,29,35)/t17-/m1/s1. The number of nitrogens with zero attached hydrogens (tertiary/aromatic N) is 7. The SMILES string of the molecule is Cc1ccc(-c2nnn(C[C@H]3CC3(F)F)n2)cc1NC(=O)c1cnn2ccc(-c3cn[nH]c3)cc12. The van der Waals surface area contributed by atoms with Crippen LogP contribution in [0.4, 0.5) is 14.5 Å². The highest BCUT2D eigenvalue weighted by Crippen LogP contribution is 2.49. The highest BCUT2D eigenvalue weighted by Gasteiger charge is 2.57. The first-order valence-corrected chi connectivity index (χ1v) is 10.9. The van der Waals surface area contributed by atoms with E-state index in [1.165, 1.54) is 11.0 Å². The zero-order valence-corrected chi connectivity index (χ0v) is 18.5. The zero-order chi connectivity index (χ0) is 24.2. The van der Waals surface area contributed by atoms with E-state index >= 15 is 0 Å². The van der Waals surface area contributed by atoms with E-state index in [1.54, 1.807) is 35.2 Å². The molecule has 1 amide bonds. The van der Waals surface area contributed by atoms with Gasteiger partial charge in [-0.2, -0.15) is 15.0 Å². The van der Waals surface area contributed by atoms with Crippen molar-refractivity contribution < 1.29 is 13.6 Å². The first-order valence-electron chi connectivity index (χ1n) is 10.9. The summed E-state index contributed by atoms with van der Waals surface area (Å²) >= 11 is 0. The van der Waals surface area contributed by atoms with Crippen LogP contribution < -0.4 is 5.32 Å². The second kappa shape index (κ2) is 7.79. The molecule has 6 rings (SSSR count). The summed E-state index contributed by atoms with van der Waals surface area (Å²) in [4.78, 5) is 14.4. The van der Waals surface area contributed by atoms with Gasteiger partial charge in [0.1, 0.15) is 0 Å². The van der Waals surface area contributed by atoms with Crippen LogP contribution in [0.5, 0.6) is 0 Å². The Morgan fingerprint density at radius 1 is 1.20 bits per heavy atom. The van der Waals surface area contributed by atoms with Crippen molar-refractivity contribution in [2.75, 3.05) is 5.32 Å². The number of anilines is 1. The van der Waals surface area contributed by atoms with Crippen molar-refractivity contribution in [2.24, 2.45) is 5.92 Å². The molecule has 0 radical (unpaired) electrons. The summed E-state index contributed by atoms with van der Waals surface area (Å²) in [5, 5.41) is 26.1. The lowest BCUT2D eigenvalue weighted by Gasteiger charge is -2.09. The highest BCUT2D eigenvalue weighted by atomic mass is 19.3. The van der Waals surface area contributed by atoms with Gasteiger partial charge >= 0.3 is 0 Å². The van der Waals surface area contributed by atoms with Gasteiger partial charge < -0.3 is 5.32 Å². The Morgan fingerprint density at radius 2 is 2.06 bits per heavy atom. The molecule has 1 saturated carbocycles. The smallest absolute Gasteiger partial charge is 0.259 e. The highest BCUT2D eigenvalue weighted by molar-refractivity contribution is 6.09. The van der Waals surface area contributed by atoms with Crippen molar-refractivity contribution in [1.82, 2.24) is 40.0 Å². The number of hydrogen-bond acceptors (Lipinski definition) is 6. The second-order valence-electron chi connectivity index (χ2n) is 8.60. The number of benzene rings is 1. The minimum Gasteiger partial charge on any atom is -0.322 e. The number of aromatic nitrogens is 8. The summed E-state index contributed by atoms with van der Waals surface area (Å²) < 4.78 is 28.0. The van der Waals surface area contributed by atoms with Crippen LogP contribution in [0.3, 0.4) is 0 Å². The van der Waals surface area contributed by atoms with Gasteiger partial charge in [-0.05, 0) is 41.5 Å². The van der Waals surface area contributed by atoms with Crippen LogP contribution in [-0.4, -0.2) is 51.8 Å². The number of halogens is 2. The minimum absolute atomic E-state index is 0.0188. The molecule has 12 heteroatoms. The largest absolute Gasteiger partial charge is 0.322 e. The van der Waals surface area contributed by atoms with Crippen LogP contribution in [-0.2, 0) is 6.54 Å². The number of H-pyrrole nitrogens is 1. The molecule has 1 aliphatic rings. The van der Waals surface area contributed by atoms with Gasteiger partial charge in [0.2, 0.25) is 5.82 Å². The van der Waals surface area contributed by atoms with Crippen molar-refractivity contribution in [3.63, 3.8) is 0 Å². The summed E-state index contributed by atoms with van der Waals surface area (Å²) in [6.07, 6.45) is 6.63. The molecule has 35 heavy (non-hydrogen) atoms. The third-order valence-corrected chi connectivity index (χ3v) is 6.13. The van der Waals surface area contributed by atoms with E-state index in [1.807, 2.05) is 25.1 Å². The Bertz CT molecular complexity index is 1550. The number of pyridine rings is 1. The maximum absolute atomic E-state index is 13.2. The lowest BCUT2D eigenvalue weighted by molar-refractivity contribution is 0.0929. The monoisotopic (exact) mass is 475 g/mol. The number of carbonyl (C=O) groups excluding carboxylic acids is 1. The fourth-order valence-electron chi connectivity index (χ4n) is 3.93. The van der Waals surface area contributed by atoms with E-state index in [-0.39, 0.29) is 18.9 Å². The molecule has 1 aromatic carbocycles. The van der Waals surface area contributed by atoms with Crippen LogP contribution in [0.1, 0.15) is 22.3 Å². The molecule has 10 nitrogen and oxygen atoms in total. The van der Waals surface area contributed by atoms with Gasteiger partial charge in [0.25, 0.3) is 11.8 Å². The molecule has 4 heterocycles. The first kappa shape index (κ1) is 21.1. The number of carbonyl (C=O) groups is 1. The number of aromatic amines is 1. The van der Waals surface area contributed by atoms with E-state index in [0.29, 0.717) is 28.2 Å². The third kappa shape index (κ3) is 3.92. The number of hydrogen-bond donors (Lipinski definition) is 2. The Hall–Kier alpha value is -4.48. The summed E-state index contributed by atoms with van der Waals surface area (Å²) in [7, 11) is 0. The van der Waals surface area contributed by atoms with E-state index in [0.717, 1.165) is 16.7 Å². The van der Waals surface area contributed by atoms with E-state index in [9.17, 15) is 13.6 Å². The summed E-state index contributed by atoms with van der Waals surface area (Å²) in [5.74, 6) is -3.42. The maximum atomic E-state index is 13.2.